The number of hydrogen-bond acceptors (Lipinski definition) is 8. The van der Waals surface area contributed by atoms with Crippen molar-refractivity contribution >= 4 is 27.3 Å². The van der Waals surface area contributed by atoms with Crippen LogP contribution in [0.3, 0.4) is 0 Å². The van der Waals surface area contributed by atoms with Crippen molar-refractivity contribution < 1.29 is 22.3 Å². The molecule has 0 amide bonds. The van der Waals surface area contributed by atoms with Crippen molar-refractivity contribution in [1.29, 1.82) is 0 Å². The molecule has 2 aliphatic heterocycles. The van der Waals surface area contributed by atoms with Crippen LogP contribution in [0.15, 0.2) is 36.7 Å². The standard InChI is InChI=1S/C28H33F2N7O3S/c1-18-12-23(33-26(32-18)36-16-21-22(17-36)28(21,29)30)19-14-31-37(15-19)24-3-2-20(34-41(39,40)11-10-38)13-25(24)35-8-6-27(4-5-27)7-9-35/h2-3,12-15,21-22,34,38H,4-11,16-17H2,1H3. The van der Waals surface area contributed by atoms with Gasteiger partial charge in [0.15, 0.2) is 0 Å². The van der Waals surface area contributed by atoms with E-state index in [0.717, 1.165) is 48.6 Å². The van der Waals surface area contributed by atoms with Gasteiger partial charge in [0.1, 0.15) is 0 Å². The molecule has 41 heavy (non-hydrogen) atoms. The first-order valence-corrected chi connectivity index (χ1v) is 15.8. The minimum Gasteiger partial charge on any atom is -0.395 e. The second-order valence-corrected chi connectivity index (χ2v) is 13.8. The second-order valence-electron chi connectivity index (χ2n) is 12.0. The molecule has 2 aliphatic carbocycles. The first-order chi connectivity index (χ1) is 19.6. The number of alkyl halides is 2. The van der Waals surface area contributed by atoms with Gasteiger partial charge in [0, 0.05) is 43.6 Å². The highest BCUT2D eigenvalue weighted by molar-refractivity contribution is 7.92. The van der Waals surface area contributed by atoms with Crippen LogP contribution in [0.1, 0.15) is 31.4 Å². The third-order valence-electron chi connectivity index (χ3n) is 9.18. The van der Waals surface area contributed by atoms with Gasteiger partial charge in [0.2, 0.25) is 16.0 Å². The Morgan fingerprint density at radius 2 is 1.76 bits per heavy atom. The molecule has 2 aromatic heterocycles. The van der Waals surface area contributed by atoms with E-state index in [4.69, 9.17) is 10.1 Å². The maximum atomic E-state index is 13.7. The quantitative estimate of drug-likeness (QED) is 0.413. The monoisotopic (exact) mass is 585 g/mol. The minimum absolute atomic E-state index is 0.259. The van der Waals surface area contributed by atoms with Crippen molar-refractivity contribution in [3.8, 4) is 16.9 Å². The first kappa shape index (κ1) is 26.6. The minimum atomic E-state index is -3.67. The Bertz CT molecular complexity index is 1580. The SMILES string of the molecule is Cc1cc(-c2cnn(-c3ccc(NS(=O)(=O)CCO)cc3N3CCC4(CC3)CC4)c2)nc(N2CC3C(C2)C3(F)F)n1. The summed E-state index contributed by atoms with van der Waals surface area (Å²) in [5.41, 5.74) is 4.76. The van der Waals surface area contributed by atoms with Crippen LogP contribution < -0.4 is 14.5 Å². The molecule has 2 saturated heterocycles. The molecule has 0 radical (unpaired) electrons. The van der Waals surface area contributed by atoms with Crippen molar-refractivity contribution in [2.75, 3.05) is 53.1 Å². The maximum Gasteiger partial charge on any atom is 0.258 e. The molecular weight excluding hydrogens is 552 g/mol. The van der Waals surface area contributed by atoms with E-state index >= 15 is 0 Å². The largest absolute Gasteiger partial charge is 0.395 e. The zero-order valence-corrected chi connectivity index (χ0v) is 23.6. The Morgan fingerprint density at radius 3 is 2.44 bits per heavy atom. The highest BCUT2D eigenvalue weighted by Gasteiger charge is 2.72. The van der Waals surface area contributed by atoms with Gasteiger partial charge in [-0.05, 0) is 62.3 Å². The van der Waals surface area contributed by atoms with E-state index in [1.807, 2.05) is 36.2 Å². The summed E-state index contributed by atoms with van der Waals surface area (Å²) in [7, 11) is -3.67. The molecule has 4 aliphatic rings. The number of anilines is 3. The van der Waals surface area contributed by atoms with Crippen LogP contribution in [0.4, 0.5) is 26.1 Å². The summed E-state index contributed by atoms with van der Waals surface area (Å²) in [6.07, 6.45) is 8.35. The topological polar surface area (TPSA) is 116 Å². The molecular formula is C28H33F2N7O3S. The summed E-state index contributed by atoms with van der Waals surface area (Å²) < 4.78 is 56.5. The maximum absolute atomic E-state index is 13.7. The number of benzene rings is 1. The van der Waals surface area contributed by atoms with E-state index in [1.54, 1.807) is 16.9 Å². The van der Waals surface area contributed by atoms with E-state index < -0.39 is 34.4 Å². The van der Waals surface area contributed by atoms with E-state index in [0.29, 0.717) is 22.7 Å². The molecule has 2 saturated carbocycles. The third kappa shape index (κ3) is 4.92. The summed E-state index contributed by atoms with van der Waals surface area (Å²) in [6, 6.07) is 7.23. The van der Waals surface area contributed by atoms with Crippen molar-refractivity contribution in [1.82, 2.24) is 19.7 Å². The third-order valence-corrected chi connectivity index (χ3v) is 10.4. The molecule has 3 aromatic rings. The molecule has 1 spiro atoms. The van der Waals surface area contributed by atoms with Crippen LogP contribution in [-0.2, 0) is 10.0 Å². The summed E-state index contributed by atoms with van der Waals surface area (Å²) in [6.45, 7) is 3.67. The number of fused-ring (bicyclic) bond motifs is 1. The second kappa shape index (κ2) is 9.35. The number of aryl methyl sites for hydroxylation is 1. The van der Waals surface area contributed by atoms with Gasteiger partial charge in [-0.25, -0.2) is 31.8 Å². The number of hydrogen-bond donors (Lipinski definition) is 2. The number of aliphatic hydroxyl groups is 1. The number of aliphatic hydroxyl groups excluding tert-OH is 1. The van der Waals surface area contributed by atoms with Gasteiger partial charge in [-0.2, -0.15) is 5.10 Å². The number of sulfonamides is 1. The molecule has 13 heteroatoms. The Hall–Kier alpha value is -3.32. The van der Waals surface area contributed by atoms with Gasteiger partial charge in [-0.3, -0.25) is 4.72 Å². The van der Waals surface area contributed by atoms with Crippen LogP contribution in [0.2, 0.25) is 0 Å². The van der Waals surface area contributed by atoms with Crippen molar-refractivity contribution in [3.05, 3.63) is 42.4 Å². The predicted octanol–water partition coefficient (Wildman–Crippen LogP) is 3.45. The normalized spacial score (nSPS) is 24.0. The molecule has 2 N–H and O–H groups in total. The lowest BCUT2D eigenvalue weighted by Gasteiger charge is -2.35. The van der Waals surface area contributed by atoms with Gasteiger partial charge in [0.25, 0.3) is 5.92 Å². The summed E-state index contributed by atoms with van der Waals surface area (Å²) in [4.78, 5) is 13.4. The molecule has 4 heterocycles. The number of halogens is 2. The van der Waals surface area contributed by atoms with Crippen molar-refractivity contribution in [3.63, 3.8) is 0 Å². The van der Waals surface area contributed by atoms with Crippen LogP contribution in [-0.4, -0.2) is 77.7 Å². The fourth-order valence-corrected chi connectivity index (χ4v) is 7.21. The Kier molecular flexibility index (Phi) is 6.06. The molecule has 218 valence electrons. The molecule has 0 bridgehead atoms. The number of nitrogens with one attached hydrogen (secondary N) is 1. The fraction of sp³-hybridized carbons (Fsp3) is 0.536. The van der Waals surface area contributed by atoms with Gasteiger partial charge in [-0.1, -0.05) is 0 Å². The Labute approximate surface area is 237 Å². The lowest BCUT2D eigenvalue weighted by Crippen LogP contribution is -2.35. The van der Waals surface area contributed by atoms with Crippen LogP contribution in [0, 0.1) is 24.2 Å². The first-order valence-electron chi connectivity index (χ1n) is 14.1. The van der Waals surface area contributed by atoms with E-state index in [2.05, 4.69) is 19.7 Å². The Balaban J connectivity index is 1.18. The summed E-state index contributed by atoms with van der Waals surface area (Å²) >= 11 is 0. The predicted molar refractivity (Wildman–Crippen MR) is 151 cm³/mol. The fourth-order valence-electron chi connectivity index (χ4n) is 6.38. The van der Waals surface area contributed by atoms with Crippen LogP contribution in [0.5, 0.6) is 0 Å². The molecule has 10 nitrogen and oxygen atoms in total. The Morgan fingerprint density at radius 1 is 1.02 bits per heavy atom. The average Bonchev–Trinajstić information content (AvgIpc) is 3.54. The zero-order chi connectivity index (χ0) is 28.6. The lowest BCUT2D eigenvalue weighted by atomic mass is 9.93. The zero-order valence-electron chi connectivity index (χ0n) is 22.8. The van der Waals surface area contributed by atoms with Gasteiger partial charge in [0.05, 0.1) is 53.1 Å². The van der Waals surface area contributed by atoms with Crippen LogP contribution >= 0.6 is 0 Å². The molecule has 7 rings (SSSR count). The van der Waals surface area contributed by atoms with Crippen molar-refractivity contribution in [2.45, 2.75) is 38.5 Å². The highest BCUT2D eigenvalue weighted by atomic mass is 32.2. The van der Waals surface area contributed by atoms with E-state index in [1.165, 1.54) is 12.8 Å². The van der Waals surface area contributed by atoms with E-state index in [-0.39, 0.29) is 18.8 Å². The number of nitrogens with zero attached hydrogens (tertiary/aromatic N) is 6. The number of aromatic nitrogens is 4. The smallest absolute Gasteiger partial charge is 0.258 e. The molecule has 4 fully saturated rings. The average molecular weight is 586 g/mol. The van der Waals surface area contributed by atoms with Gasteiger partial charge < -0.3 is 14.9 Å². The number of rotatable bonds is 8. The number of piperidine rings is 2. The molecule has 2 unspecified atom stereocenters. The van der Waals surface area contributed by atoms with Crippen molar-refractivity contribution in [2.24, 2.45) is 17.3 Å². The van der Waals surface area contributed by atoms with E-state index in [9.17, 15) is 17.2 Å². The van der Waals surface area contributed by atoms with Gasteiger partial charge >= 0.3 is 0 Å². The summed E-state index contributed by atoms with van der Waals surface area (Å²) in [5.74, 6) is -3.71. The molecule has 2 atom stereocenters. The highest BCUT2D eigenvalue weighted by Crippen LogP contribution is 2.59. The lowest BCUT2D eigenvalue weighted by molar-refractivity contribution is 0.0796. The van der Waals surface area contributed by atoms with Crippen LogP contribution in [0.25, 0.3) is 16.9 Å². The van der Waals surface area contributed by atoms with Gasteiger partial charge in [-0.15, -0.1) is 0 Å². The summed E-state index contributed by atoms with van der Waals surface area (Å²) in [5, 5.41) is 13.8. The molecule has 1 aromatic carbocycles.